The Labute approximate surface area is 125 Å². The highest BCUT2D eigenvalue weighted by atomic mass is 32.2. The molecule has 2 N–H and O–H groups in total. The molecular weight excluding hydrogens is 288 g/mol. The highest BCUT2D eigenvalue weighted by Gasteiger charge is 2.13. The Morgan fingerprint density at radius 1 is 1.29 bits per heavy atom. The van der Waals surface area contributed by atoms with Crippen LogP contribution in [-0.2, 0) is 23.1 Å². The SMILES string of the molecule is CCNCc1cccc(S(=O)(=O)NCCn2cccn2)c1. The molecule has 0 radical (unpaired) electrons. The summed E-state index contributed by atoms with van der Waals surface area (Å²) in [5.41, 5.74) is 0.951. The number of hydrogen-bond donors (Lipinski definition) is 2. The summed E-state index contributed by atoms with van der Waals surface area (Å²) in [6, 6.07) is 8.77. The molecule has 6 nitrogen and oxygen atoms in total. The van der Waals surface area contributed by atoms with Gasteiger partial charge >= 0.3 is 0 Å². The lowest BCUT2D eigenvalue weighted by Gasteiger charge is -2.09. The number of hydrogen-bond acceptors (Lipinski definition) is 4. The van der Waals surface area contributed by atoms with E-state index in [1.165, 1.54) is 0 Å². The van der Waals surface area contributed by atoms with Gasteiger partial charge in [0.1, 0.15) is 0 Å². The van der Waals surface area contributed by atoms with Crippen molar-refractivity contribution in [2.24, 2.45) is 0 Å². The van der Waals surface area contributed by atoms with Gasteiger partial charge in [0.05, 0.1) is 11.4 Å². The summed E-state index contributed by atoms with van der Waals surface area (Å²) < 4.78 is 28.7. The van der Waals surface area contributed by atoms with Crippen LogP contribution in [0, 0.1) is 0 Å². The van der Waals surface area contributed by atoms with Crippen molar-refractivity contribution in [3.05, 3.63) is 48.3 Å². The van der Waals surface area contributed by atoms with Crippen molar-refractivity contribution in [2.75, 3.05) is 13.1 Å². The first-order valence-corrected chi connectivity index (χ1v) is 8.37. The summed E-state index contributed by atoms with van der Waals surface area (Å²) >= 11 is 0. The number of benzene rings is 1. The van der Waals surface area contributed by atoms with Gasteiger partial charge in [0.25, 0.3) is 0 Å². The average Bonchev–Trinajstić information content (AvgIpc) is 2.98. The zero-order chi connectivity index (χ0) is 15.1. The van der Waals surface area contributed by atoms with Crippen LogP contribution < -0.4 is 10.0 Å². The first kappa shape index (κ1) is 15.7. The molecule has 0 aliphatic heterocycles. The van der Waals surface area contributed by atoms with E-state index in [1.54, 1.807) is 41.3 Å². The van der Waals surface area contributed by atoms with Crippen LogP contribution in [0.15, 0.2) is 47.6 Å². The summed E-state index contributed by atoms with van der Waals surface area (Å²) in [7, 11) is -3.48. The van der Waals surface area contributed by atoms with Crippen LogP contribution in [0.1, 0.15) is 12.5 Å². The van der Waals surface area contributed by atoms with E-state index in [1.807, 2.05) is 13.0 Å². The van der Waals surface area contributed by atoms with Gasteiger partial charge in [0.15, 0.2) is 0 Å². The molecule has 0 aliphatic rings. The predicted octanol–water partition coefficient (Wildman–Crippen LogP) is 0.971. The van der Waals surface area contributed by atoms with Crippen molar-refractivity contribution >= 4 is 10.0 Å². The third kappa shape index (κ3) is 4.66. The second kappa shape index (κ2) is 7.35. The minimum atomic E-state index is -3.48. The fraction of sp³-hybridized carbons (Fsp3) is 0.357. The Balaban J connectivity index is 1.98. The molecule has 0 fully saturated rings. The molecular formula is C14H20N4O2S. The smallest absolute Gasteiger partial charge is 0.240 e. The summed E-state index contributed by atoms with van der Waals surface area (Å²) in [6.45, 7) is 4.33. The van der Waals surface area contributed by atoms with Gasteiger partial charge in [-0.2, -0.15) is 5.10 Å². The van der Waals surface area contributed by atoms with Gasteiger partial charge in [-0.05, 0) is 30.3 Å². The molecule has 1 aromatic heterocycles. The number of rotatable bonds is 8. The second-order valence-corrected chi connectivity index (χ2v) is 6.36. The minimum absolute atomic E-state index is 0.290. The third-order valence-electron chi connectivity index (χ3n) is 2.98. The number of sulfonamides is 1. The molecule has 2 aromatic rings. The lowest BCUT2D eigenvalue weighted by molar-refractivity contribution is 0.560. The summed E-state index contributed by atoms with van der Waals surface area (Å²) in [5, 5.41) is 7.21. The molecule has 0 bridgehead atoms. The molecule has 0 aliphatic carbocycles. The van der Waals surface area contributed by atoms with Gasteiger partial charge in [-0.1, -0.05) is 19.1 Å². The first-order valence-electron chi connectivity index (χ1n) is 6.88. The molecule has 0 atom stereocenters. The Hall–Kier alpha value is -1.70. The van der Waals surface area contributed by atoms with E-state index in [-0.39, 0.29) is 0 Å². The first-order chi connectivity index (χ1) is 10.1. The molecule has 0 saturated heterocycles. The van der Waals surface area contributed by atoms with Crippen LogP contribution in [0.4, 0.5) is 0 Å². The fourth-order valence-corrected chi connectivity index (χ4v) is 2.99. The quantitative estimate of drug-likeness (QED) is 0.762. The molecule has 0 saturated carbocycles. The molecule has 1 aromatic carbocycles. The predicted molar refractivity (Wildman–Crippen MR) is 81.2 cm³/mol. The molecule has 0 unspecified atom stereocenters. The third-order valence-corrected chi connectivity index (χ3v) is 4.44. The Morgan fingerprint density at radius 3 is 2.86 bits per heavy atom. The summed E-state index contributed by atoms with van der Waals surface area (Å²) in [6.07, 6.45) is 3.46. The van der Waals surface area contributed by atoms with Crippen molar-refractivity contribution in [3.8, 4) is 0 Å². The van der Waals surface area contributed by atoms with Crippen molar-refractivity contribution in [1.82, 2.24) is 19.8 Å². The van der Waals surface area contributed by atoms with E-state index in [0.717, 1.165) is 12.1 Å². The van der Waals surface area contributed by atoms with E-state index < -0.39 is 10.0 Å². The highest BCUT2D eigenvalue weighted by Crippen LogP contribution is 2.11. The minimum Gasteiger partial charge on any atom is -0.313 e. The van der Waals surface area contributed by atoms with E-state index in [2.05, 4.69) is 15.1 Å². The van der Waals surface area contributed by atoms with Crippen LogP contribution in [0.3, 0.4) is 0 Å². The number of aromatic nitrogens is 2. The van der Waals surface area contributed by atoms with Gasteiger partial charge < -0.3 is 5.32 Å². The molecule has 0 spiro atoms. The normalized spacial score (nSPS) is 11.7. The van der Waals surface area contributed by atoms with Gasteiger partial charge in [-0.25, -0.2) is 13.1 Å². The number of nitrogens with one attached hydrogen (secondary N) is 2. The summed E-state index contributed by atoms with van der Waals surface area (Å²) in [5.74, 6) is 0. The largest absolute Gasteiger partial charge is 0.313 e. The molecule has 1 heterocycles. The standard InChI is InChI=1S/C14H20N4O2S/c1-2-15-12-13-5-3-6-14(11-13)21(19,20)17-8-10-18-9-4-7-16-18/h3-7,9,11,15,17H,2,8,10,12H2,1H3. The van der Waals surface area contributed by atoms with Gasteiger partial charge in [0, 0.05) is 25.5 Å². The van der Waals surface area contributed by atoms with Crippen LogP contribution in [0.5, 0.6) is 0 Å². The van der Waals surface area contributed by atoms with Gasteiger partial charge in [-0.3, -0.25) is 4.68 Å². The second-order valence-electron chi connectivity index (χ2n) is 4.59. The fourth-order valence-electron chi connectivity index (χ4n) is 1.90. The Morgan fingerprint density at radius 2 is 2.14 bits per heavy atom. The van der Waals surface area contributed by atoms with E-state index in [9.17, 15) is 8.42 Å². The Bertz CT molecular complexity index is 653. The van der Waals surface area contributed by atoms with Crippen LogP contribution in [0.25, 0.3) is 0 Å². The maximum absolute atomic E-state index is 12.2. The average molecular weight is 308 g/mol. The zero-order valence-corrected chi connectivity index (χ0v) is 12.8. The van der Waals surface area contributed by atoms with Crippen molar-refractivity contribution < 1.29 is 8.42 Å². The van der Waals surface area contributed by atoms with Crippen molar-refractivity contribution in [2.45, 2.75) is 24.9 Å². The molecule has 0 amide bonds. The molecule has 7 heteroatoms. The maximum Gasteiger partial charge on any atom is 0.240 e. The number of nitrogens with zero attached hydrogens (tertiary/aromatic N) is 2. The van der Waals surface area contributed by atoms with Gasteiger partial charge in [0.2, 0.25) is 10.0 Å². The van der Waals surface area contributed by atoms with E-state index in [0.29, 0.717) is 24.5 Å². The van der Waals surface area contributed by atoms with E-state index in [4.69, 9.17) is 0 Å². The van der Waals surface area contributed by atoms with Crippen LogP contribution >= 0.6 is 0 Å². The monoisotopic (exact) mass is 308 g/mol. The van der Waals surface area contributed by atoms with Crippen LogP contribution in [0.2, 0.25) is 0 Å². The summed E-state index contributed by atoms with van der Waals surface area (Å²) in [4.78, 5) is 0.290. The molecule has 2 rings (SSSR count). The zero-order valence-electron chi connectivity index (χ0n) is 12.0. The highest BCUT2D eigenvalue weighted by molar-refractivity contribution is 7.89. The van der Waals surface area contributed by atoms with Crippen LogP contribution in [-0.4, -0.2) is 31.3 Å². The van der Waals surface area contributed by atoms with Crippen molar-refractivity contribution in [1.29, 1.82) is 0 Å². The topological polar surface area (TPSA) is 76.0 Å². The Kier molecular flexibility index (Phi) is 5.49. The molecule has 21 heavy (non-hydrogen) atoms. The lowest BCUT2D eigenvalue weighted by atomic mass is 10.2. The maximum atomic E-state index is 12.2. The van der Waals surface area contributed by atoms with E-state index >= 15 is 0 Å². The van der Waals surface area contributed by atoms with Gasteiger partial charge in [-0.15, -0.1) is 0 Å². The van der Waals surface area contributed by atoms with Crippen molar-refractivity contribution in [3.63, 3.8) is 0 Å². The lowest BCUT2D eigenvalue weighted by Crippen LogP contribution is -2.27. The molecule has 114 valence electrons.